The van der Waals surface area contributed by atoms with Gasteiger partial charge in [-0.1, -0.05) is 45.7 Å². The Morgan fingerprint density at radius 2 is 1.76 bits per heavy atom. The van der Waals surface area contributed by atoms with Crippen molar-refractivity contribution in [3.8, 4) is 5.75 Å². The molecular weight excluding hydrogens is 394 g/mol. The fraction of sp³-hybridized carbons (Fsp3) is 0.619. The fourth-order valence-corrected chi connectivity index (χ4v) is 3.00. The van der Waals surface area contributed by atoms with Crippen molar-refractivity contribution in [1.82, 2.24) is 10.6 Å². The maximum Gasteiger partial charge on any atom is 0.244 e. The molecule has 1 aromatic rings. The van der Waals surface area contributed by atoms with Crippen LogP contribution in [0.2, 0.25) is 0 Å². The smallest absolute Gasteiger partial charge is 0.244 e. The van der Waals surface area contributed by atoms with Crippen LogP contribution in [-0.2, 0) is 16.0 Å². The van der Waals surface area contributed by atoms with Crippen LogP contribution >= 0.6 is 12.4 Å². The van der Waals surface area contributed by atoms with Gasteiger partial charge in [-0.15, -0.1) is 12.4 Å². The Balaban J connectivity index is 0.00000784. The Bertz CT molecular complexity index is 610. The molecule has 0 aliphatic heterocycles. The number of amides is 2. The molecule has 0 unspecified atom stereocenters. The predicted molar refractivity (Wildman–Crippen MR) is 117 cm³/mol. The highest BCUT2D eigenvalue weighted by molar-refractivity contribution is 6.00. The number of hydrogen-bond acceptors (Lipinski definition) is 6. The summed E-state index contributed by atoms with van der Waals surface area (Å²) in [6.45, 7) is 5.98. The maximum atomic E-state index is 12.8. The van der Waals surface area contributed by atoms with E-state index in [1.807, 2.05) is 20.8 Å². The Hall–Kier alpha value is -1.67. The number of phenols is 1. The molecule has 7 nitrogen and oxygen atoms in total. The minimum absolute atomic E-state index is 0. The topological polar surface area (TPSA) is 125 Å². The molecule has 0 saturated carbocycles. The minimum Gasteiger partial charge on any atom is -0.508 e. The summed E-state index contributed by atoms with van der Waals surface area (Å²) >= 11 is 0. The Kier molecular flexibility index (Phi) is 13.5. The zero-order valence-corrected chi connectivity index (χ0v) is 18.4. The van der Waals surface area contributed by atoms with Gasteiger partial charge >= 0.3 is 0 Å². The van der Waals surface area contributed by atoms with Crippen LogP contribution in [0.15, 0.2) is 24.3 Å². The third kappa shape index (κ3) is 10.6. The number of phenolic OH excluding ortho intramolecular Hbond substituents is 1. The zero-order chi connectivity index (χ0) is 21.1. The Morgan fingerprint density at radius 1 is 1.14 bits per heavy atom. The SMILES string of the molecule is CCCC[C@H](N)C(=O)NC(=O)[C@H](Cc1ccc(O)cc1)N[C@H](CO)CC(C)C.Cl. The van der Waals surface area contributed by atoms with Gasteiger partial charge in [0.15, 0.2) is 0 Å². The van der Waals surface area contributed by atoms with Gasteiger partial charge in [0.25, 0.3) is 0 Å². The summed E-state index contributed by atoms with van der Waals surface area (Å²) in [4.78, 5) is 25.0. The van der Waals surface area contributed by atoms with Gasteiger partial charge in [-0.05, 0) is 42.9 Å². The average molecular weight is 430 g/mol. The number of aromatic hydroxyl groups is 1. The number of imide groups is 1. The van der Waals surface area contributed by atoms with Gasteiger partial charge in [-0.2, -0.15) is 0 Å². The number of nitrogens with two attached hydrogens (primary N) is 1. The van der Waals surface area contributed by atoms with Gasteiger partial charge in [-0.25, -0.2) is 0 Å². The van der Waals surface area contributed by atoms with Gasteiger partial charge in [0.2, 0.25) is 11.8 Å². The standard InChI is InChI=1S/C21H35N3O4.ClH/c1-4-5-6-18(22)20(27)24-21(28)19(23-16(13-25)11-14(2)3)12-15-7-9-17(26)10-8-15;/h7-10,14,16,18-19,23,25-26H,4-6,11-13,22H2,1-3H3,(H,24,27,28);1H/t16-,18-,19-;/m0./s1. The molecule has 0 aromatic heterocycles. The summed E-state index contributed by atoms with van der Waals surface area (Å²) in [6, 6.07) is 4.86. The van der Waals surface area contributed by atoms with Gasteiger partial charge in [0.05, 0.1) is 18.7 Å². The first kappa shape index (κ1) is 27.3. The first-order valence-corrected chi connectivity index (χ1v) is 10.0. The molecule has 0 spiro atoms. The van der Waals surface area contributed by atoms with Crippen molar-refractivity contribution in [2.24, 2.45) is 11.7 Å². The van der Waals surface area contributed by atoms with Crippen LogP contribution in [-0.4, -0.2) is 46.8 Å². The number of rotatable bonds is 12. The largest absolute Gasteiger partial charge is 0.508 e. The number of hydrogen-bond donors (Lipinski definition) is 5. The number of unbranched alkanes of at least 4 members (excludes halogenated alkanes) is 1. The summed E-state index contributed by atoms with van der Waals surface area (Å²) in [5.41, 5.74) is 6.69. The number of carbonyl (C=O) groups excluding carboxylic acids is 2. The average Bonchev–Trinajstić information content (AvgIpc) is 2.65. The second kappa shape index (κ2) is 14.3. The first-order valence-electron chi connectivity index (χ1n) is 10.0. The van der Waals surface area contributed by atoms with E-state index in [4.69, 9.17) is 5.73 Å². The van der Waals surface area contributed by atoms with Crippen LogP contribution in [0.3, 0.4) is 0 Å². The molecule has 8 heteroatoms. The molecule has 0 heterocycles. The lowest BCUT2D eigenvalue weighted by Gasteiger charge is -2.25. The summed E-state index contributed by atoms with van der Waals surface area (Å²) in [7, 11) is 0. The van der Waals surface area contributed by atoms with E-state index in [-0.39, 0.29) is 30.8 Å². The van der Waals surface area contributed by atoms with Crippen LogP contribution in [0, 0.1) is 5.92 Å². The minimum atomic E-state index is -0.720. The lowest BCUT2D eigenvalue weighted by molar-refractivity contribution is -0.132. The van der Waals surface area contributed by atoms with Crippen molar-refractivity contribution in [2.75, 3.05) is 6.61 Å². The van der Waals surface area contributed by atoms with Crippen LogP contribution in [0.5, 0.6) is 5.75 Å². The summed E-state index contributed by atoms with van der Waals surface area (Å²) < 4.78 is 0. The molecule has 0 saturated heterocycles. The molecule has 3 atom stereocenters. The molecule has 0 bridgehead atoms. The van der Waals surface area contributed by atoms with E-state index in [1.54, 1.807) is 24.3 Å². The van der Waals surface area contributed by atoms with E-state index in [9.17, 15) is 19.8 Å². The van der Waals surface area contributed by atoms with Crippen molar-refractivity contribution >= 4 is 24.2 Å². The van der Waals surface area contributed by atoms with Crippen molar-refractivity contribution in [2.45, 2.75) is 71.0 Å². The van der Waals surface area contributed by atoms with Crippen LogP contribution in [0.1, 0.15) is 52.0 Å². The summed E-state index contributed by atoms with van der Waals surface area (Å²) in [5.74, 6) is -0.471. The highest BCUT2D eigenvalue weighted by atomic mass is 35.5. The number of benzene rings is 1. The summed E-state index contributed by atoms with van der Waals surface area (Å²) in [6.07, 6.45) is 3.28. The molecule has 2 amide bonds. The van der Waals surface area contributed by atoms with E-state index in [0.717, 1.165) is 18.4 Å². The molecule has 0 aliphatic carbocycles. The van der Waals surface area contributed by atoms with Gasteiger partial charge in [0, 0.05) is 6.04 Å². The van der Waals surface area contributed by atoms with Gasteiger partial charge < -0.3 is 21.3 Å². The Morgan fingerprint density at radius 3 is 2.28 bits per heavy atom. The molecule has 6 N–H and O–H groups in total. The number of nitrogens with one attached hydrogen (secondary N) is 2. The van der Waals surface area contributed by atoms with E-state index in [2.05, 4.69) is 10.6 Å². The normalized spacial score (nSPS) is 14.0. The van der Waals surface area contributed by atoms with Crippen molar-refractivity contribution < 1.29 is 19.8 Å². The molecule has 0 aliphatic rings. The molecule has 1 aromatic carbocycles. The number of halogens is 1. The van der Waals surface area contributed by atoms with E-state index >= 15 is 0 Å². The van der Waals surface area contributed by atoms with Crippen molar-refractivity contribution in [3.05, 3.63) is 29.8 Å². The number of aliphatic hydroxyl groups excluding tert-OH is 1. The van der Waals surface area contributed by atoms with Crippen molar-refractivity contribution in [1.29, 1.82) is 0 Å². The quantitative estimate of drug-likeness (QED) is 0.345. The van der Waals surface area contributed by atoms with Crippen molar-refractivity contribution in [3.63, 3.8) is 0 Å². The molecule has 29 heavy (non-hydrogen) atoms. The van der Waals surface area contributed by atoms with E-state index in [0.29, 0.717) is 25.2 Å². The number of aliphatic hydroxyl groups is 1. The first-order chi connectivity index (χ1) is 13.3. The van der Waals surface area contributed by atoms with Gasteiger partial charge in [-0.3, -0.25) is 14.9 Å². The molecule has 0 fully saturated rings. The summed E-state index contributed by atoms with van der Waals surface area (Å²) in [5, 5.41) is 24.7. The van der Waals surface area contributed by atoms with E-state index in [1.165, 1.54) is 0 Å². The number of carbonyl (C=O) groups is 2. The highest BCUT2D eigenvalue weighted by Crippen LogP contribution is 2.13. The lowest BCUT2D eigenvalue weighted by atomic mass is 10.00. The second-order valence-electron chi connectivity index (χ2n) is 7.70. The molecule has 0 radical (unpaired) electrons. The third-order valence-corrected chi connectivity index (χ3v) is 4.56. The van der Waals surface area contributed by atoms with Crippen LogP contribution < -0.4 is 16.4 Å². The monoisotopic (exact) mass is 429 g/mol. The van der Waals surface area contributed by atoms with E-state index < -0.39 is 23.9 Å². The molecule has 1 rings (SSSR count). The Labute approximate surface area is 179 Å². The third-order valence-electron chi connectivity index (χ3n) is 4.56. The predicted octanol–water partition coefficient (Wildman–Crippen LogP) is 1.88. The highest BCUT2D eigenvalue weighted by Gasteiger charge is 2.26. The van der Waals surface area contributed by atoms with Crippen LogP contribution in [0.4, 0.5) is 0 Å². The maximum absolute atomic E-state index is 12.8. The van der Waals surface area contributed by atoms with Crippen LogP contribution in [0.25, 0.3) is 0 Å². The van der Waals surface area contributed by atoms with Gasteiger partial charge in [0.1, 0.15) is 5.75 Å². The fourth-order valence-electron chi connectivity index (χ4n) is 3.00. The second-order valence-corrected chi connectivity index (χ2v) is 7.70. The molecule has 166 valence electrons. The molecular formula is C21H36ClN3O4. The lowest BCUT2D eigenvalue weighted by Crippen LogP contribution is -2.54. The zero-order valence-electron chi connectivity index (χ0n) is 17.6.